The summed E-state index contributed by atoms with van der Waals surface area (Å²) in [5.41, 5.74) is -0.815. The third kappa shape index (κ3) is 3.84. The Hall–Kier alpha value is -1.56. The fourth-order valence-corrected chi connectivity index (χ4v) is 10.8. The lowest BCUT2D eigenvalue weighted by Gasteiger charge is -2.62. The second-order valence-electron chi connectivity index (χ2n) is 14.6. The minimum atomic E-state index is -0.941. The summed E-state index contributed by atoms with van der Waals surface area (Å²) in [7, 11) is 1.49. The fraction of sp³-hybridized carbons (Fsp3) is 0.875. The van der Waals surface area contributed by atoms with Crippen molar-refractivity contribution in [3.63, 3.8) is 0 Å². The van der Waals surface area contributed by atoms with Gasteiger partial charge in [0.25, 0.3) is 0 Å². The summed E-state index contributed by atoms with van der Waals surface area (Å²) in [4.78, 5) is 23.8. The van der Waals surface area contributed by atoms with Gasteiger partial charge in [-0.15, -0.1) is 0 Å². The molecular weight excluding hydrogens is 544 g/mol. The highest BCUT2D eigenvalue weighted by molar-refractivity contribution is 5.85. The Morgan fingerprint density at radius 3 is 2.57 bits per heavy atom. The molecule has 42 heavy (non-hydrogen) atoms. The van der Waals surface area contributed by atoms with Crippen molar-refractivity contribution in [2.24, 2.45) is 28.6 Å². The van der Waals surface area contributed by atoms with Gasteiger partial charge in [0.2, 0.25) is 0 Å². The number of hydrogen-bond acceptors (Lipinski definition) is 10. The number of carbonyl (C=O) groups excluding carboxylic acids is 2. The van der Waals surface area contributed by atoms with Gasteiger partial charge in [-0.25, -0.2) is 4.79 Å². The van der Waals surface area contributed by atoms with Crippen molar-refractivity contribution < 1.29 is 48.2 Å². The van der Waals surface area contributed by atoms with Crippen molar-refractivity contribution >= 4 is 11.9 Å². The van der Waals surface area contributed by atoms with E-state index in [1.54, 1.807) is 13.0 Å². The fourth-order valence-electron chi connectivity index (χ4n) is 10.8. The number of methoxy groups -OCH3 is 1. The van der Waals surface area contributed by atoms with Crippen LogP contribution in [-0.4, -0.2) is 90.0 Å². The average molecular weight is 591 g/mol. The third-order valence-electron chi connectivity index (χ3n) is 13.0. The van der Waals surface area contributed by atoms with E-state index in [2.05, 4.69) is 13.8 Å². The molecule has 0 unspecified atom stereocenters. The van der Waals surface area contributed by atoms with Crippen LogP contribution in [0.2, 0.25) is 0 Å². The standard InChI is InChI=1S/C32H46O10/c1-16-25(35)26(37-5)27(40-17(2)33)28(39-16)41-20-6-9-29(3)19(13-20)14-23-32(42-23)22(29)8-10-30(4)21(7-11-31(30,32)36)18-12-24(34)38-15-18/h12,16,19-23,25-28,35-36H,6-11,13-15H2,1-5H3/t16-,19+,20-,21-,22-,23+,25+,26-,27+,28-,29-,30+,31+,32-/m0/s1. The van der Waals surface area contributed by atoms with E-state index >= 15 is 0 Å². The predicted molar refractivity (Wildman–Crippen MR) is 147 cm³/mol. The molecule has 0 amide bonds. The normalized spacial score (nSPS) is 54.5. The molecule has 14 atom stereocenters. The molecule has 4 saturated carbocycles. The van der Waals surface area contributed by atoms with Gasteiger partial charge in [0, 0.05) is 25.5 Å². The molecule has 0 aromatic rings. The van der Waals surface area contributed by atoms with Crippen molar-refractivity contribution in [1.82, 2.24) is 0 Å². The van der Waals surface area contributed by atoms with Gasteiger partial charge < -0.3 is 38.6 Å². The highest BCUT2D eigenvalue weighted by Crippen LogP contribution is 2.77. The van der Waals surface area contributed by atoms with E-state index in [1.165, 1.54) is 14.0 Å². The van der Waals surface area contributed by atoms with E-state index in [9.17, 15) is 19.8 Å². The number of ether oxygens (including phenoxy) is 6. The molecule has 7 rings (SSSR count). The van der Waals surface area contributed by atoms with Crippen molar-refractivity contribution in [3.8, 4) is 0 Å². The van der Waals surface area contributed by atoms with Crippen LogP contribution < -0.4 is 0 Å². The van der Waals surface area contributed by atoms with Gasteiger partial charge in [0.1, 0.15) is 30.0 Å². The second-order valence-corrected chi connectivity index (χ2v) is 14.6. The molecule has 3 aliphatic heterocycles. The Kier molecular flexibility index (Phi) is 6.75. The Balaban J connectivity index is 1.09. The van der Waals surface area contributed by atoms with Crippen LogP contribution in [0.4, 0.5) is 0 Å². The molecule has 4 aliphatic carbocycles. The Morgan fingerprint density at radius 2 is 1.88 bits per heavy atom. The summed E-state index contributed by atoms with van der Waals surface area (Å²) < 4.78 is 35.6. The lowest BCUT2D eigenvalue weighted by molar-refractivity contribution is -0.315. The molecule has 0 radical (unpaired) electrons. The van der Waals surface area contributed by atoms with Gasteiger partial charge in [0.15, 0.2) is 12.4 Å². The number of carbonyl (C=O) groups is 2. The summed E-state index contributed by atoms with van der Waals surface area (Å²) in [6, 6.07) is 0. The molecule has 0 bridgehead atoms. The molecule has 234 valence electrons. The zero-order valence-corrected chi connectivity index (χ0v) is 25.4. The zero-order valence-electron chi connectivity index (χ0n) is 25.4. The number of aliphatic hydroxyl groups is 2. The maximum absolute atomic E-state index is 12.6. The first-order chi connectivity index (χ1) is 19.9. The monoisotopic (exact) mass is 590 g/mol. The molecular formula is C32H46O10. The Morgan fingerprint density at radius 1 is 1.10 bits per heavy atom. The SMILES string of the molecule is CO[C@H]1[C@H](O)[C@H](C)O[C@@H](O[C@H]2CC[C@@]3(C)[C@H](C2)C[C@H]2O[C@@]24[C@H]3CC[C@]2(C)[C@H](C3=CC(=O)OC3)CC[C@]42O)[C@@H]1OC(C)=O. The maximum atomic E-state index is 12.6. The van der Waals surface area contributed by atoms with Crippen LogP contribution in [-0.2, 0) is 38.0 Å². The number of epoxide rings is 1. The highest BCUT2D eigenvalue weighted by Gasteiger charge is 2.84. The summed E-state index contributed by atoms with van der Waals surface area (Å²) >= 11 is 0. The van der Waals surface area contributed by atoms with Crippen molar-refractivity contribution in [2.75, 3.05) is 13.7 Å². The van der Waals surface area contributed by atoms with Crippen LogP contribution in [0.25, 0.3) is 0 Å². The van der Waals surface area contributed by atoms with Gasteiger partial charge in [0.05, 0.1) is 18.3 Å². The highest BCUT2D eigenvalue weighted by atomic mass is 16.7. The summed E-state index contributed by atoms with van der Waals surface area (Å²) in [6.07, 6.45) is 4.48. The first-order valence-electron chi connectivity index (χ1n) is 15.8. The first kappa shape index (κ1) is 29.2. The smallest absolute Gasteiger partial charge is 0.331 e. The third-order valence-corrected chi connectivity index (χ3v) is 13.0. The molecule has 2 saturated heterocycles. The van der Waals surface area contributed by atoms with Gasteiger partial charge in [-0.3, -0.25) is 4.79 Å². The van der Waals surface area contributed by atoms with Gasteiger partial charge in [-0.1, -0.05) is 13.8 Å². The summed E-state index contributed by atoms with van der Waals surface area (Å²) in [6.45, 7) is 8.04. The number of hydrogen-bond donors (Lipinski definition) is 2. The quantitative estimate of drug-likeness (QED) is 0.280. The minimum Gasteiger partial charge on any atom is -0.458 e. The molecule has 0 aromatic heterocycles. The number of aliphatic hydroxyl groups excluding tert-OH is 1. The number of fused-ring (bicyclic) bond motifs is 3. The van der Waals surface area contributed by atoms with Crippen LogP contribution >= 0.6 is 0 Å². The minimum absolute atomic E-state index is 0.00499. The molecule has 2 N–H and O–H groups in total. The van der Waals surface area contributed by atoms with Crippen LogP contribution in [0, 0.1) is 28.6 Å². The average Bonchev–Trinajstić information content (AvgIpc) is 3.38. The molecule has 10 heteroatoms. The van der Waals surface area contributed by atoms with Crippen molar-refractivity contribution in [3.05, 3.63) is 11.6 Å². The number of rotatable bonds is 5. The van der Waals surface area contributed by atoms with E-state index in [1.807, 2.05) is 0 Å². The number of cyclic esters (lactones) is 1. The molecule has 3 heterocycles. The summed E-state index contributed by atoms with van der Waals surface area (Å²) in [5.74, 6) is -0.0281. The van der Waals surface area contributed by atoms with Crippen LogP contribution in [0.1, 0.15) is 79.1 Å². The Bertz CT molecular complexity index is 1170. The molecule has 0 aromatic carbocycles. The van der Waals surface area contributed by atoms with Crippen LogP contribution in [0.15, 0.2) is 11.6 Å². The van der Waals surface area contributed by atoms with Gasteiger partial charge in [-0.2, -0.15) is 0 Å². The predicted octanol–water partition coefficient (Wildman–Crippen LogP) is 2.81. The van der Waals surface area contributed by atoms with Gasteiger partial charge >= 0.3 is 11.9 Å². The van der Waals surface area contributed by atoms with E-state index < -0.39 is 47.9 Å². The lowest BCUT2D eigenvalue weighted by Crippen LogP contribution is -2.68. The van der Waals surface area contributed by atoms with Gasteiger partial charge in [-0.05, 0) is 87.0 Å². The van der Waals surface area contributed by atoms with E-state index in [0.717, 1.165) is 50.5 Å². The van der Waals surface area contributed by atoms with Crippen LogP contribution in [0.3, 0.4) is 0 Å². The summed E-state index contributed by atoms with van der Waals surface area (Å²) in [5, 5.41) is 23.3. The molecule has 6 fully saturated rings. The van der Waals surface area contributed by atoms with E-state index in [0.29, 0.717) is 18.9 Å². The van der Waals surface area contributed by atoms with Crippen molar-refractivity contribution in [2.45, 2.75) is 133 Å². The topological polar surface area (TPSA) is 133 Å². The lowest BCUT2D eigenvalue weighted by atomic mass is 9.43. The molecule has 7 aliphatic rings. The van der Waals surface area contributed by atoms with E-state index in [4.69, 9.17) is 28.4 Å². The second kappa shape index (κ2) is 9.72. The molecule has 10 nitrogen and oxygen atoms in total. The Labute approximate surface area is 247 Å². The largest absolute Gasteiger partial charge is 0.458 e. The molecule has 1 spiro atoms. The number of esters is 2. The van der Waals surface area contributed by atoms with Crippen LogP contribution in [0.5, 0.6) is 0 Å². The van der Waals surface area contributed by atoms with E-state index in [-0.39, 0.29) is 40.8 Å². The van der Waals surface area contributed by atoms with Crippen molar-refractivity contribution in [1.29, 1.82) is 0 Å². The maximum Gasteiger partial charge on any atom is 0.331 e. The first-order valence-corrected chi connectivity index (χ1v) is 15.8. The zero-order chi connectivity index (χ0) is 29.8.